The highest BCUT2D eigenvalue weighted by Crippen LogP contribution is 2.16. The van der Waals surface area contributed by atoms with E-state index >= 15 is 0 Å². The predicted octanol–water partition coefficient (Wildman–Crippen LogP) is 7.13. The minimum absolute atomic E-state index is 0.990. The van der Waals surface area contributed by atoms with E-state index in [1.165, 1.54) is 46.2 Å². The molecule has 2 rings (SSSR count). The van der Waals surface area contributed by atoms with Gasteiger partial charge in [-0.05, 0) is 70.9 Å². The summed E-state index contributed by atoms with van der Waals surface area (Å²) in [5.41, 5.74) is 6.92. The van der Waals surface area contributed by atoms with Crippen LogP contribution >= 0.6 is 0 Å². The third-order valence-electron chi connectivity index (χ3n) is 4.38. The second-order valence-electron chi connectivity index (χ2n) is 7.05. The molecule has 0 saturated heterocycles. The number of aromatic amines is 1. The second kappa shape index (κ2) is 9.32. The molecule has 0 fully saturated rings. The minimum Gasteiger partial charge on any atom is -0.358 e. The number of aromatic nitrogens is 1. The van der Waals surface area contributed by atoms with Gasteiger partial charge in [-0.15, -0.1) is 0 Å². The van der Waals surface area contributed by atoms with Gasteiger partial charge in [0, 0.05) is 17.6 Å². The van der Waals surface area contributed by atoms with E-state index in [-0.39, 0.29) is 0 Å². The lowest BCUT2D eigenvalue weighted by Gasteiger charge is -2.01. The van der Waals surface area contributed by atoms with Gasteiger partial charge in [-0.2, -0.15) is 0 Å². The Morgan fingerprint density at radius 3 is 2.25 bits per heavy atom. The van der Waals surface area contributed by atoms with Crippen molar-refractivity contribution in [2.75, 3.05) is 0 Å². The number of benzene rings is 1. The van der Waals surface area contributed by atoms with Crippen LogP contribution in [0.3, 0.4) is 0 Å². The fourth-order valence-corrected chi connectivity index (χ4v) is 2.87. The van der Waals surface area contributed by atoms with E-state index in [0.29, 0.717) is 0 Å². The Morgan fingerprint density at radius 2 is 1.54 bits per heavy atom. The first-order valence-electron chi connectivity index (χ1n) is 9.06. The molecule has 1 nitrogen and oxygen atoms in total. The van der Waals surface area contributed by atoms with Crippen LogP contribution in [0.5, 0.6) is 0 Å². The van der Waals surface area contributed by atoms with Crippen molar-refractivity contribution in [1.82, 2.24) is 4.98 Å². The Hall–Kier alpha value is -2.02. The van der Waals surface area contributed by atoms with Gasteiger partial charge in [-0.25, -0.2) is 0 Å². The average molecular weight is 322 g/mol. The zero-order valence-electron chi connectivity index (χ0n) is 15.7. The highest BCUT2D eigenvalue weighted by molar-refractivity contribution is 5.80. The Kier molecular flexibility index (Phi) is 7.11. The van der Waals surface area contributed by atoms with Crippen molar-refractivity contribution in [1.29, 1.82) is 0 Å². The van der Waals surface area contributed by atoms with Crippen molar-refractivity contribution in [3.8, 4) is 0 Å². The van der Waals surface area contributed by atoms with Crippen LogP contribution < -0.4 is 0 Å². The van der Waals surface area contributed by atoms with Gasteiger partial charge in [0.2, 0.25) is 0 Å². The van der Waals surface area contributed by atoms with E-state index in [1.807, 2.05) is 0 Å². The van der Waals surface area contributed by atoms with Crippen molar-refractivity contribution in [3.05, 3.63) is 71.0 Å². The zero-order valence-corrected chi connectivity index (χ0v) is 15.7. The van der Waals surface area contributed by atoms with Crippen molar-refractivity contribution in [2.45, 2.75) is 59.8 Å². The van der Waals surface area contributed by atoms with Gasteiger partial charge in [0.25, 0.3) is 0 Å². The molecular formula is C23H31N. The number of hydrogen-bond acceptors (Lipinski definition) is 0. The smallest absolute Gasteiger partial charge is 0.0456 e. The third-order valence-corrected chi connectivity index (χ3v) is 4.38. The molecule has 1 heterocycles. The van der Waals surface area contributed by atoms with Crippen molar-refractivity contribution < 1.29 is 0 Å². The number of rotatable bonds is 8. The summed E-state index contributed by atoms with van der Waals surface area (Å²) in [6.07, 6.45) is 12.7. The first-order chi connectivity index (χ1) is 11.5. The fraction of sp³-hybridized carbons (Fsp3) is 0.391. The normalized spacial score (nSPS) is 12.7. The minimum atomic E-state index is 0.990. The summed E-state index contributed by atoms with van der Waals surface area (Å²) in [4.78, 5) is 3.50. The maximum atomic E-state index is 3.50. The van der Waals surface area contributed by atoms with Gasteiger partial charge in [-0.1, -0.05) is 53.1 Å². The maximum Gasteiger partial charge on any atom is 0.0456 e. The van der Waals surface area contributed by atoms with Crippen LogP contribution in [0, 0.1) is 0 Å². The number of fused-ring (bicyclic) bond motifs is 1. The van der Waals surface area contributed by atoms with E-state index in [9.17, 15) is 0 Å². The molecule has 0 unspecified atom stereocenters. The number of allylic oxidation sites excluding steroid dienone is 6. The summed E-state index contributed by atoms with van der Waals surface area (Å²) in [5, 5.41) is 1.30. The number of H-pyrrole nitrogens is 1. The van der Waals surface area contributed by atoms with Crippen molar-refractivity contribution in [2.24, 2.45) is 0 Å². The van der Waals surface area contributed by atoms with Gasteiger partial charge in [0.05, 0.1) is 0 Å². The molecule has 0 aliphatic rings. The van der Waals surface area contributed by atoms with Crippen LogP contribution in [-0.2, 0) is 6.42 Å². The van der Waals surface area contributed by atoms with Crippen molar-refractivity contribution in [3.63, 3.8) is 0 Å². The van der Waals surface area contributed by atoms with Crippen LogP contribution in [0.2, 0.25) is 0 Å². The molecular weight excluding hydrogens is 290 g/mol. The lowest BCUT2D eigenvalue weighted by molar-refractivity contribution is 0.913. The third kappa shape index (κ3) is 6.23. The molecule has 0 amide bonds. The van der Waals surface area contributed by atoms with Gasteiger partial charge in [0.15, 0.2) is 0 Å². The predicted molar refractivity (Wildman–Crippen MR) is 107 cm³/mol. The van der Waals surface area contributed by atoms with Crippen LogP contribution in [-0.4, -0.2) is 4.98 Å². The molecule has 2 aromatic rings. The SMILES string of the molecule is CC(C)=CCC/C(C)=C/CC/C(C)=C/Cc1cc2ccccc2[nH]1. The average Bonchev–Trinajstić information content (AvgIpc) is 2.95. The summed E-state index contributed by atoms with van der Waals surface area (Å²) in [6, 6.07) is 10.7. The van der Waals surface area contributed by atoms with Crippen LogP contribution in [0.15, 0.2) is 65.3 Å². The highest BCUT2D eigenvalue weighted by atomic mass is 14.7. The summed E-state index contributed by atoms with van der Waals surface area (Å²) >= 11 is 0. The Bertz CT molecular complexity index is 703. The molecule has 0 aliphatic heterocycles. The van der Waals surface area contributed by atoms with Crippen LogP contribution in [0.1, 0.15) is 59.1 Å². The standard InChI is InChI=1S/C23H31N/c1-18(2)9-7-10-19(3)11-8-12-20(4)15-16-22-17-21-13-5-6-14-23(21)24-22/h5-6,9,11,13-15,17,24H,7-8,10,12,16H2,1-4H3/b19-11+,20-15+. The topological polar surface area (TPSA) is 15.8 Å². The van der Waals surface area contributed by atoms with Crippen LogP contribution in [0.25, 0.3) is 10.9 Å². The molecule has 1 heteroatoms. The summed E-state index contributed by atoms with van der Waals surface area (Å²) in [7, 11) is 0. The summed E-state index contributed by atoms with van der Waals surface area (Å²) in [6.45, 7) is 8.83. The van der Waals surface area contributed by atoms with E-state index in [2.05, 4.69) is 81.2 Å². The van der Waals surface area contributed by atoms with Crippen molar-refractivity contribution >= 4 is 10.9 Å². The molecule has 0 spiro atoms. The van der Waals surface area contributed by atoms with Gasteiger partial charge in [-0.3, -0.25) is 0 Å². The largest absolute Gasteiger partial charge is 0.358 e. The highest BCUT2D eigenvalue weighted by Gasteiger charge is 1.98. The lowest BCUT2D eigenvalue weighted by Crippen LogP contribution is -1.84. The quantitative estimate of drug-likeness (QED) is 0.498. The molecule has 0 radical (unpaired) electrons. The van der Waals surface area contributed by atoms with E-state index in [4.69, 9.17) is 0 Å². The first-order valence-corrected chi connectivity index (χ1v) is 9.06. The van der Waals surface area contributed by atoms with Crippen LogP contribution in [0.4, 0.5) is 0 Å². The summed E-state index contributed by atoms with van der Waals surface area (Å²) in [5.74, 6) is 0. The molecule has 24 heavy (non-hydrogen) atoms. The lowest BCUT2D eigenvalue weighted by atomic mass is 10.1. The maximum absolute atomic E-state index is 3.50. The van der Waals surface area contributed by atoms with E-state index < -0.39 is 0 Å². The Balaban J connectivity index is 1.78. The molecule has 0 aliphatic carbocycles. The Morgan fingerprint density at radius 1 is 0.875 bits per heavy atom. The van der Waals surface area contributed by atoms with Gasteiger partial charge < -0.3 is 4.98 Å². The molecule has 1 aromatic carbocycles. The first kappa shape index (κ1) is 18.3. The molecule has 0 atom stereocenters. The molecule has 1 aromatic heterocycles. The van der Waals surface area contributed by atoms with Gasteiger partial charge in [0.1, 0.15) is 0 Å². The Labute approximate surface area is 147 Å². The van der Waals surface area contributed by atoms with E-state index in [0.717, 1.165) is 19.3 Å². The zero-order chi connectivity index (χ0) is 17.4. The number of para-hydroxylation sites is 1. The summed E-state index contributed by atoms with van der Waals surface area (Å²) < 4.78 is 0. The fourth-order valence-electron chi connectivity index (χ4n) is 2.87. The number of nitrogens with one attached hydrogen (secondary N) is 1. The molecule has 128 valence electrons. The second-order valence-corrected chi connectivity index (χ2v) is 7.05. The molecule has 0 saturated carbocycles. The van der Waals surface area contributed by atoms with Gasteiger partial charge >= 0.3 is 0 Å². The molecule has 0 bridgehead atoms. The van der Waals surface area contributed by atoms with E-state index in [1.54, 1.807) is 0 Å². The number of hydrogen-bond donors (Lipinski definition) is 1. The monoisotopic (exact) mass is 321 g/mol. The molecule has 1 N–H and O–H groups in total.